The molecule has 76 valence electrons. The molecule has 0 aliphatic heterocycles. The lowest BCUT2D eigenvalue weighted by Crippen LogP contribution is -2.34. The lowest BCUT2D eigenvalue weighted by molar-refractivity contribution is 0.148. The van der Waals surface area contributed by atoms with Crippen LogP contribution in [0.15, 0.2) is 30.3 Å². The molecule has 0 radical (unpaired) electrons. The SMILES string of the molecule is O[C@H]1CCC[C@@H]1NCc1ccccc1. The highest BCUT2D eigenvalue weighted by Gasteiger charge is 2.24. The molecule has 0 heterocycles. The molecule has 0 unspecified atom stereocenters. The van der Waals surface area contributed by atoms with Crippen molar-refractivity contribution in [2.45, 2.75) is 38.0 Å². The molecule has 2 N–H and O–H groups in total. The van der Waals surface area contributed by atoms with Crippen LogP contribution in [0.25, 0.3) is 0 Å². The van der Waals surface area contributed by atoms with Crippen LogP contribution in [-0.2, 0) is 6.54 Å². The van der Waals surface area contributed by atoms with E-state index in [1.54, 1.807) is 0 Å². The zero-order valence-electron chi connectivity index (χ0n) is 8.32. The molecule has 0 amide bonds. The van der Waals surface area contributed by atoms with E-state index in [2.05, 4.69) is 17.4 Å². The fourth-order valence-electron chi connectivity index (χ4n) is 2.02. The van der Waals surface area contributed by atoms with Crippen LogP contribution in [0.4, 0.5) is 0 Å². The topological polar surface area (TPSA) is 32.3 Å². The van der Waals surface area contributed by atoms with Gasteiger partial charge in [0.25, 0.3) is 0 Å². The van der Waals surface area contributed by atoms with Crippen LogP contribution in [0.5, 0.6) is 0 Å². The number of benzene rings is 1. The Bertz CT molecular complexity index is 273. The number of rotatable bonds is 3. The molecular formula is C12H17NO. The molecule has 0 saturated heterocycles. The van der Waals surface area contributed by atoms with Crippen molar-refractivity contribution in [1.82, 2.24) is 5.32 Å². The van der Waals surface area contributed by atoms with Gasteiger partial charge >= 0.3 is 0 Å². The van der Waals surface area contributed by atoms with E-state index in [0.717, 1.165) is 25.8 Å². The van der Waals surface area contributed by atoms with Gasteiger partial charge in [-0.1, -0.05) is 30.3 Å². The van der Waals surface area contributed by atoms with Crippen LogP contribution < -0.4 is 5.32 Å². The minimum absolute atomic E-state index is 0.140. The molecule has 2 rings (SSSR count). The van der Waals surface area contributed by atoms with Crippen molar-refractivity contribution in [1.29, 1.82) is 0 Å². The van der Waals surface area contributed by atoms with E-state index >= 15 is 0 Å². The first-order valence-electron chi connectivity index (χ1n) is 5.31. The van der Waals surface area contributed by atoms with Gasteiger partial charge in [0.15, 0.2) is 0 Å². The Morgan fingerprint density at radius 3 is 2.64 bits per heavy atom. The molecule has 2 atom stereocenters. The van der Waals surface area contributed by atoms with Crippen molar-refractivity contribution >= 4 is 0 Å². The molecule has 14 heavy (non-hydrogen) atoms. The summed E-state index contributed by atoms with van der Waals surface area (Å²) in [7, 11) is 0. The highest BCUT2D eigenvalue weighted by molar-refractivity contribution is 5.14. The molecule has 1 saturated carbocycles. The molecule has 1 aromatic rings. The van der Waals surface area contributed by atoms with Crippen LogP contribution in [0.2, 0.25) is 0 Å². The van der Waals surface area contributed by atoms with Gasteiger partial charge in [0.05, 0.1) is 6.10 Å². The molecule has 2 heteroatoms. The Morgan fingerprint density at radius 1 is 1.21 bits per heavy atom. The van der Waals surface area contributed by atoms with Gasteiger partial charge in [-0.15, -0.1) is 0 Å². The Morgan fingerprint density at radius 2 is 2.00 bits per heavy atom. The van der Waals surface area contributed by atoms with Crippen molar-refractivity contribution in [3.63, 3.8) is 0 Å². The third kappa shape index (κ3) is 2.34. The molecule has 0 bridgehead atoms. The number of aliphatic hydroxyl groups is 1. The van der Waals surface area contributed by atoms with Crippen molar-refractivity contribution in [2.24, 2.45) is 0 Å². The van der Waals surface area contributed by atoms with Crippen molar-refractivity contribution in [3.05, 3.63) is 35.9 Å². The lowest BCUT2D eigenvalue weighted by Gasteiger charge is -2.16. The molecule has 1 aliphatic rings. The van der Waals surface area contributed by atoms with Gasteiger partial charge in [-0.05, 0) is 24.8 Å². The fraction of sp³-hybridized carbons (Fsp3) is 0.500. The summed E-state index contributed by atoms with van der Waals surface area (Å²) in [6.07, 6.45) is 3.06. The van der Waals surface area contributed by atoms with Gasteiger partial charge in [0.1, 0.15) is 0 Å². The van der Waals surface area contributed by atoms with E-state index in [-0.39, 0.29) is 6.10 Å². The normalized spacial score (nSPS) is 26.6. The van der Waals surface area contributed by atoms with Crippen LogP contribution in [0.3, 0.4) is 0 Å². The van der Waals surface area contributed by atoms with E-state index in [1.807, 2.05) is 18.2 Å². The van der Waals surface area contributed by atoms with Crippen molar-refractivity contribution in [2.75, 3.05) is 0 Å². The summed E-state index contributed by atoms with van der Waals surface area (Å²) in [4.78, 5) is 0. The first-order chi connectivity index (χ1) is 6.86. The number of hydrogen-bond donors (Lipinski definition) is 2. The monoisotopic (exact) mass is 191 g/mol. The summed E-state index contributed by atoms with van der Waals surface area (Å²) in [6, 6.07) is 10.6. The van der Waals surface area contributed by atoms with Gasteiger partial charge in [0.2, 0.25) is 0 Å². The summed E-state index contributed by atoms with van der Waals surface area (Å²) < 4.78 is 0. The summed E-state index contributed by atoms with van der Waals surface area (Å²) in [6.45, 7) is 0.864. The van der Waals surface area contributed by atoms with Gasteiger partial charge in [-0.3, -0.25) is 0 Å². The fourth-order valence-corrected chi connectivity index (χ4v) is 2.02. The zero-order chi connectivity index (χ0) is 9.80. The third-order valence-electron chi connectivity index (χ3n) is 2.89. The van der Waals surface area contributed by atoms with Gasteiger partial charge in [-0.2, -0.15) is 0 Å². The van der Waals surface area contributed by atoms with E-state index in [0.29, 0.717) is 6.04 Å². The summed E-state index contributed by atoms with van der Waals surface area (Å²) in [5, 5.41) is 13.0. The lowest BCUT2D eigenvalue weighted by atomic mass is 10.2. The Hall–Kier alpha value is -0.860. The van der Waals surface area contributed by atoms with Crippen LogP contribution in [0.1, 0.15) is 24.8 Å². The predicted molar refractivity (Wildman–Crippen MR) is 56.9 cm³/mol. The number of aliphatic hydroxyl groups excluding tert-OH is 1. The third-order valence-corrected chi connectivity index (χ3v) is 2.89. The van der Waals surface area contributed by atoms with E-state index in [1.165, 1.54) is 5.56 Å². The van der Waals surface area contributed by atoms with Crippen LogP contribution in [-0.4, -0.2) is 17.3 Å². The maximum atomic E-state index is 9.60. The van der Waals surface area contributed by atoms with E-state index in [9.17, 15) is 5.11 Å². The van der Waals surface area contributed by atoms with Gasteiger partial charge in [0, 0.05) is 12.6 Å². The minimum Gasteiger partial charge on any atom is -0.392 e. The van der Waals surface area contributed by atoms with Crippen molar-refractivity contribution < 1.29 is 5.11 Å². The number of nitrogens with one attached hydrogen (secondary N) is 1. The second kappa shape index (κ2) is 4.58. The molecule has 0 spiro atoms. The first-order valence-corrected chi connectivity index (χ1v) is 5.31. The summed E-state index contributed by atoms with van der Waals surface area (Å²) >= 11 is 0. The standard InChI is InChI=1S/C12H17NO/c14-12-8-4-7-11(12)13-9-10-5-2-1-3-6-10/h1-3,5-6,11-14H,4,7-9H2/t11-,12-/m0/s1. The average Bonchev–Trinajstić information content (AvgIpc) is 2.63. The highest BCUT2D eigenvalue weighted by atomic mass is 16.3. The molecule has 1 aliphatic carbocycles. The molecule has 1 aromatic carbocycles. The second-order valence-electron chi connectivity index (χ2n) is 3.97. The number of hydrogen-bond acceptors (Lipinski definition) is 2. The van der Waals surface area contributed by atoms with Gasteiger partial charge in [-0.25, -0.2) is 0 Å². The Kier molecular flexibility index (Phi) is 3.17. The van der Waals surface area contributed by atoms with E-state index < -0.39 is 0 Å². The molecular weight excluding hydrogens is 174 g/mol. The maximum Gasteiger partial charge on any atom is 0.0693 e. The molecule has 2 nitrogen and oxygen atoms in total. The van der Waals surface area contributed by atoms with Crippen molar-refractivity contribution in [3.8, 4) is 0 Å². The highest BCUT2D eigenvalue weighted by Crippen LogP contribution is 2.19. The summed E-state index contributed by atoms with van der Waals surface area (Å²) in [5.74, 6) is 0. The largest absolute Gasteiger partial charge is 0.392 e. The zero-order valence-corrected chi connectivity index (χ0v) is 8.32. The second-order valence-corrected chi connectivity index (χ2v) is 3.97. The molecule has 1 fully saturated rings. The predicted octanol–water partition coefficient (Wildman–Crippen LogP) is 1.69. The van der Waals surface area contributed by atoms with Crippen LogP contribution in [0, 0.1) is 0 Å². The maximum absolute atomic E-state index is 9.60. The molecule has 0 aromatic heterocycles. The average molecular weight is 191 g/mol. The summed E-state index contributed by atoms with van der Waals surface area (Å²) in [5.41, 5.74) is 1.28. The Balaban J connectivity index is 1.82. The first kappa shape index (κ1) is 9.69. The Labute approximate surface area is 85.0 Å². The quantitative estimate of drug-likeness (QED) is 0.762. The smallest absolute Gasteiger partial charge is 0.0693 e. The minimum atomic E-state index is -0.140. The van der Waals surface area contributed by atoms with E-state index in [4.69, 9.17) is 0 Å². The van der Waals surface area contributed by atoms with Gasteiger partial charge < -0.3 is 10.4 Å². The van der Waals surface area contributed by atoms with Crippen LogP contribution >= 0.6 is 0 Å².